The van der Waals surface area contributed by atoms with Crippen molar-refractivity contribution in [2.24, 2.45) is 0 Å². The number of aryl methyl sites for hydroxylation is 1. The highest BCUT2D eigenvalue weighted by atomic mass is 32.2. The van der Waals surface area contributed by atoms with Crippen LogP contribution in [0.1, 0.15) is 16.7 Å². The molecule has 0 unspecified atom stereocenters. The van der Waals surface area contributed by atoms with Gasteiger partial charge in [-0.25, -0.2) is 0 Å². The molecule has 1 N–H and O–H groups in total. The average Bonchev–Trinajstić information content (AvgIpc) is 2.74. The highest BCUT2D eigenvalue weighted by Crippen LogP contribution is 2.22. The van der Waals surface area contributed by atoms with Gasteiger partial charge in [-0.15, -0.1) is 11.8 Å². The Morgan fingerprint density at radius 1 is 0.897 bits per heavy atom. The molecular formula is C24H23NO3S. The Bertz CT molecular complexity index is 973. The number of benzene rings is 3. The van der Waals surface area contributed by atoms with Crippen LogP contribution in [0.2, 0.25) is 0 Å². The Kier molecular flexibility index (Phi) is 7.47. The Morgan fingerprint density at radius 2 is 1.59 bits per heavy atom. The van der Waals surface area contributed by atoms with E-state index in [-0.39, 0.29) is 18.3 Å². The van der Waals surface area contributed by atoms with Crippen molar-refractivity contribution in [1.82, 2.24) is 0 Å². The largest absolute Gasteiger partial charge is 0.455 e. The summed E-state index contributed by atoms with van der Waals surface area (Å²) >= 11 is 1.41. The van der Waals surface area contributed by atoms with Crippen LogP contribution >= 0.6 is 11.8 Å². The first kappa shape index (κ1) is 20.7. The molecule has 5 heteroatoms. The van der Waals surface area contributed by atoms with Gasteiger partial charge in [0.25, 0.3) is 5.91 Å². The van der Waals surface area contributed by atoms with Gasteiger partial charge in [-0.1, -0.05) is 66.7 Å². The van der Waals surface area contributed by atoms with E-state index in [1.807, 2.05) is 85.8 Å². The number of nitrogens with one attached hydrogen (secondary N) is 1. The number of rotatable bonds is 8. The molecule has 0 radical (unpaired) electrons. The van der Waals surface area contributed by atoms with Crippen LogP contribution in [0.4, 0.5) is 5.69 Å². The van der Waals surface area contributed by atoms with Gasteiger partial charge in [0.05, 0.1) is 5.75 Å². The Hall–Kier alpha value is -3.05. The van der Waals surface area contributed by atoms with E-state index < -0.39 is 5.97 Å². The van der Waals surface area contributed by atoms with Gasteiger partial charge in [-0.3, -0.25) is 9.59 Å². The lowest BCUT2D eigenvalue weighted by Gasteiger charge is -2.11. The number of amides is 1. The molecule has 148 valence electrons. The molecule has 0 atom stereocenters. The number of carbonyl (C=O) groups excluding carboxylic acids is 2. The number of ether oxygens (including phenoxy) is 1. The molecule has 4 nitrogen and oxygen atoms in total. The van der Waals surface area contributed by atoms with E-state index in [0.717, 1.165) is 27.3 Å². The van der Waals surface area contributed by atoms with Gasteiger partial charge in [0.2, 0.25) is 0 Å². The fraction of sp³-hybridized carbons (Fsp3) is 0.167. The van der Waals surface area contributed by atoms with Crippen LogP contribution in [0.5, 0.6) is 0 Å². The summed E-state index contributed by atoms with van der Waals surface area (Å²) in [5.41, 5.74) is 4.01. The zero-order valence-electron chi connectivity index (χ0n) is 16.3. The molecule has 0 aliphatic rings. The molecule has 0 bridgehead atoms. The number of hydrogen-bond acceptors (Lipinski definition) is 4. The van der Waals surface area contributed by atoms with Crippen molar-refractivity contribution in [2.75, 3.05) is 17.7 Å². The van der Waals surface area contributed by atoms with E-state index in [4.69, 9.17) is 4.74 Å². The Balaban J connectivity index is 1.49. The van der Waals surface area contributed by atoms with Crippen LogP contribution in [0.3, 0.4) is 0 Å². The quantitative estimate of drug-likeness (QED) is 0.430. The summed E-state index contributed by atoms with van der Waals surface area (Å²) in [6.07, 6.45) is 0.712. The van der Waals surface area contributed by atoms with E-state index in [9.17, 15) is 9.59 Å². The van der Waals surface area contributed by atoms with Gasteiger partial charge in [-0.2, -0.15) is 0 Å². The molecule has 0 aliphatic carbocycles. The SMILES string of the molecule is Cc1ccccc1SCC(=O)OCC(=O)Nc1ccccc1Cc1ccccc1. The third-order valence-electron chi connectivity index (χ3n) is 4.33. The van der Waals surface area contributed by atoms with Gasteiger partial charge in [0, 0.05) is 10.6 Å². The predicted molar refractivity (Wildman–Crippen MR) is 117 cm³/mol. The van der Waals surface area contributed by atoms with E-state index >= 15 is 0 Å². The molecule has 3 rings (SSSR count). The van der Waals surface area contributed by atoms with Crippen LogP contribution < -0.4 is 5.32 Å². The minimum atomic E-state index is -0.411. The predicted octanol–water partition coefficient (Wildman–Crippen LogP) is 4.86. The van der Waals surface area contributed by atoms with Crippen molar-refractivity contribution >= 4 is 29.3 Å². The summed E-state index contributed by atoms with van der Waals surface area (Å²) in [6, 6.07) is 25.5. The lowest BCUT2D eigenvalue weighted by atomic mass is 10.0. The third kappa shape index (κ3) is 6.50. The second kappa shape index (κ2) is 10.5. The Morgan fingerprint density at radius 3 is 2.38 bits per heavy atom. The zero-order valence-corrected chi connectivity index (χ0v) is 17.1. The second-order valence-electron chi connectivity index (χ2n) is 6.58. The first-order valence-corrected chi connectivity index (χ1v) is 10.4. The van der Waals surface area contributed by atoms with E-state index in [2.05, 4.69) is 5.32 Å². The molecule has 3 aromatic carbocycles. The molecule has 3 aromatic rings. The molecule has 1 amide bonds. The van der Waals surface area contributed by atoms with E-state index in [0.29, 0.717) is 6.42 Å². The van der Waals surface area contributed by atoms with Crippen molar-refractivity contribution < 1.29 is 14.3 Å². The fourth-order valence-electron chi connectivity index (χ4n) is 2.84. The maximum Gasteiger partial charge on any atom is 0.316 e. The first-order chi connectivity index (χ1) is 14.1. The van der Waals surface area contributed by atoms with Crippen LogP contribution in [-0.4, -0.2) is 24.2 Å². The number of carbonyl (C=O) groups is 2. The minimum Gasteiger partial charge on any atom is -0.455 e. The molecule has 0 saturated carbocycles. The number of para-hydroxylation sites is 1. The fourth-order valence-corrected chi connectivity index (χ4v) is 3.67. The number of esters is 1. The third-order valence-corrected chi connectivity index (χ3v) is 5.48. The normalized spacial score (nSPS) is 10.4. The highest BCUT2D eigenvalue weighted by molar-refractivity contribution is 8.00. The summed E-state index contributed by atoms with van der Waals surface area (Å²) in [5, 5.41) is 2.85. The minimum absolute atomic E-state index is 0.169. The van der Waals surface area contributed by atoms with Crippen LogP contribution in [0.25, 0.3) is 0 Å². The number of thioether (sulfide) groups is 1. The van der Waals surface area contributed by atoms with Crippen LogP contribution in [0.15, 0.2) is 83.8 Å². The number of hydrogen-bond donors (Lipinski definition) is 1. The maximum atomic E-state index is 12.3. The molecule has 0 saturated heterocycles. The smallest absolute Gasteiger partial charge is 0.316 e. The average molecular weight is 406 g/mol. The van der Waals surface area contributed by atoms with Gasteiger partial charge < -0.3 is 10.1 Å². The van der Waals surface area contributed by atoms with Crippen molar-refractivity contribution in [1.29, 1.82) is 0 Å². The highest BCUT2D eigenvalue weighted by Gasteiger charge is 2.11. The molecule has 0 aromatic heterocycles. The zero-order chi connectivity index (χ0) is 20.5. The number of anilines is 1. The van der Waals surface area contributed by atoms with Crippen molar-refractivity contribution in [3.63, 3.8) is 0 Å². The monoisotopic (exact) mass is 405 g/mol. The first-order valence-electron chi connectivity index (χ1n) is 9.37. The van der Waals surface area contributed by atoms with Crippen LogP contribution in [0, 0.1) is 6.92 Å². The molecular weight excluding hydrogens is 382 g/mol. The van der Waals surface area contributed by atoms with Gasteiger partial charge >= 0.3 is 5.97 Å². The summed E-state index contributed by atoms with van der Waals surface area (Å²) in [6.45, 7) is 1.70. The maximum absolute atomic E-state index is 12.3. The Labute approximate surface area is 175 Å². The molecule has 0 fully saturated rings. The molecule has 0 aliphatic heterocycles. The lowest BCUT2D eigenvalue weighted by molar-refractivity contribution is -0.144. The summed E-state index contributed by atoms with van der Waals surface area (Å²) in [4.78, 5) is 25.3. The summed E-state index contributed by atoms with van der Waals surface area (Å²) in [5.74, 6) is -0.589. The van der Waals surface area contributed by atoms with Crippen molar-refractivity contribution in [3.05, 3.63) is 95.6 Å². The van der Waals surface area contributed by atoms with E-state index in [1.165, 1.54) is 11.8 Å². The van der Waals surface area contributed by atoms with Crippen molar-refractivity contribution in [3.8, 4) is 0 Å². The standard InChI is InChI=1S/C24H23NO3S/c1-18-9-5-8-14-22(18)29-17-24(27)28-16-23(26)25-21-13-7-6-12-20(21)15-19-10-3-2-4-11-19/h2-14H,15-17H2,1H3,(H,25,26). The second-order valence-corrected chi connectivity index (χ2v) is 7.60. The summed E-state index contributed by atoms with van der Waals surface area (Å²) in [7, 11) is 0. The van der Waals surface area contributed by atoms with Gasteiger partial charge in [0.1, 0.15) is 0 Å². The lowest BCUT2D eigenvalue weighted by Crippen LogP contribution is -2.22. The molecule has 0 spiro atoms. The van der Waals surface area contributed by atoms with Crippen molar-refractivity contribution in [2.45, 2.75) is 18.2 Å². The summed E-state index contributed by atoms with van der Waals surface area (Å²) < 4.78 is 5.12. The van der Waals surface area contributed by atoms with E-state index in [1.54, 1.807) is 0 Å². The molecule has 0 heterocycles. The molecule has 29 heavy (non-hydrogen) atoms. The van der Waals surface area contributed by atoms with Gasteiger partial charge in [0.15, 0.2) is 6.61 Å². The van der Waals surface area contributed by atoms with Crippen LogP contribution in [-0.2, 0) is 20.7 Å². The topological polar surface area (TPSA) is 55.4 Å². The van der Waals surface area contributed by atoms with Gasteiger partial charge in [-0.05, 0) is 42.2 Å².